The van der Waals surface area contributed by atoms with E-state index in [2.05, 4.69) is 45.1 Å². The zero-order chi connectivity index (χ0) is 17.9. The maximum atomic E-state index is 13.0. The van der Waals surface area contributed by atoms with Crippen molar-refractivity contribution in [3.8, 4) is 5.82 Å². The van der Waals surface area contributed by atoms with E-state index in [-0.39, 0.29) is 5.91 Å². The summed E-state index contributed by atoms with van der Waals surface area (Å²) in [5.41, 5.74) is 3.04. The second kappa shape index (κ2) is 6.95. The first-order valence-corrected chi connectivity index (χ1v) is 8.64. The predicted molar refractivity (Wildman–Crippen MR) is 98.4 cm³/mol. The van der Waals surface area contributed by atoms with Gasteiger partial charge in [0, 0.05) is 38.1 Å². The van der Waals surface area contributed by atoms with Crippen LogP contribution < -0.4 is 4.90 Å². The van der Waals surface area contributed by atoms with Crippen LogP contribution in [0.3, 0.4) is 0 Å². The number of carbonyl (C=O) groups is 1. The Labute approximate surface area is 151 Å². The summed E-state index contributed by atoms with van der Waals surface area (Å²) in [6.45, 7) is 5.11. The highest BCUT2D eigenvalue weighted by Crippen LogP contribution is 2.22. The van der Waals surface area contributed by atoms with Crippen molar-refractivity contribution in [2.75, 3.05) is 31.1 Å². The average Bonchev–Trinajstić information content (AvgIpc) is 3.23. The number of hydrogen-bond donors (Lipinski definition) is 0. The monoisotopic (exact) mass is 348 g/mol. The third kappa shape index (κ3) is 3.03. The van der Waals surface area contributed by atoms with Gasteiger partial charge in [-0.15, -0.1) is 0 Å². The van der Waals surface area contributed by atoms with Gasteiger partial charge in [0.25, 0.3) is 5.91 Å². The summed E-state index contributed by atoms with van der Waals surface area (Å²) in [7, 11) is 0. The lowest BCUT2D eigenvalue weighted by Crippen LogP contribution is -2.49. The summed E-state index contributed by atoms with van der Waals surface area (Å²) >= 11 is 0. The molecule has 1 aliphatic heterocycles. The maximum absolute atomic E-state index is 13.0. The van der Waals surface area contributed by atoms with Crippen LogP contribution >= 0.6 is 0 Å². The molecule has 1 fully saturated rings. The fourth-order valence-corrected chi connectivity index (χ4v) is 3.30. The van der Waals surface area contributed by atoms with Gasteiger partial charge in [-0.2, -0.15) is 5.10 Å². The topological polar surface area (TPSA) is 67.2 Å². The van der Waals surface area contributed by atoms with Gasteiger partial charge in [-0.1, -0.05) is 18.2 Å². The summed E-state index contributed by atoms with van der Waals surface area (Å²) in [5.74, 6) is 0.490. The van der Waals surface area contributed by atoms with Crippen molar-refractivity contribution in [2.45, 2.75) is 6.92 Å². The Balaban J connectivity index is 1.51. The number of rotatable bonds is 3. The molecule has 0 unspecified atom stereocenters. The Hall–Kier alpha value is -3.22. The number of nitrogens with zero attached hydrogens (tertiary/aromatic N) is 6. The summed E-state index contributed by atoms with van der Waals surface area (Å²) in [6.07, 6.45) is 4.64. The van der Waals surface area contributed by atoms with E-state index in [4.69, 9.17) is 0 Å². The molecule has 0 aliphatic carbocycles. The minimum atomic E-state index is -0.0203. The zero-order valence-corrected chi connectivity index (χ0v) is 14.6. The van der Waals surface area contributed by atoms with Crippen LogP contribution in [-0.2, 0) is 0 Å². The quantitative estimate of drug-likeness (QED) is 0.724. The number of amides is 1. The summed E-state index contributed by atoms with van der Waals surface area (Å²) in [4.78, 5) is 25.5. The van der Waals surface area contributed by atoms with Crippen molar-refractivity contribution in [1.82, 2.24) is 24.6 Å². The Morgan fingerprint density at radius 3 is 2.58 bits per heavy atom. The molecular formula is C19H20N6O. The van der Waals surface area contributed by atoms with Crippen LogP contribution in [0.2, 0.25) is 0 Å². The molecule has 26 heavy (non-hydrogen) atoms. The molecule has 4 rings (SSSR count). The largest absolute Gasteiger partial charge is 0.368 e. The second-order valence-electron chi connectivity index (χ2n) is 6.28. The highest BCUT2D eigenvalue weighted by molar-refractivity contribution is 5.97. The standard InChI is InChI=1S/C19H20N6O/c1-15-5-2-3-7-17(15)23-9-11-24(12-10-23)19(26)16-6-4-8-21-18(16)25-14-20-13-22-25/h2-8,13-14H,9-12H2,1H3. The molecule has 0 saturated carbocycles. The lowest BCUT2D eigenvalue weighted by atomic mass is 10.1. The van der Waals surface area contributed by atoms with Crippen LogP contribution in [-0.4, -0.2) is 56.7 Å². The van der Waals surface area contributed by atoms with Gasteiger partial charge in [0.2, 0.25) is 0 Å². The van der Waals surface area contributed by atoms with Crippen molar-refractivity contribution in [1.29, 1.82) is 0 Å². The number of para-hydroxylation sites is 1. The number of hydrogen-bond acceptors (Lipinski definition) is 5. The molecular weight excluding hydrogens is 328 g/mol. The van der Waals surface area contributed by atoms with Gasteiger partial charge in [-0.25, -0.2) is 14.6 Å². The Kier molecular flexibility index (Phi) is 4.35. The van der Waals surface area contributed by atoms with Gasteiger partial charge in [0.1, 0.15) is 12.7 Å². The van der Waals surface area contributed by atoms with E-state index in [0.717, 1.165) is 13.1 Å². The van der Waals surface area contributed by atoms with Gasteiger partial charge in [0.05, 0.1) is 5.56 Å². The molecule has 0 radical (unpaired) electrons. The van der Waals surface area contributed by atoms with Gasteiger partial charge >= 0.3 is 0 Å². The molecule has 3 aromatic rings. The smallest absolute Gasteiger partial charge is 0.257 e. The molecule has 1 aromatic carbocycles. The second-order valence-corrected chi connectivity index (χ2v) is 6.28. The lowest BCUT2D eigenvalue weighted by molar-refractivity contribution is 0.0746. The average molecular weight is 348 g/mol. The summed E-state index contributed by atoms with van der Waals surface area (Å²) in [6, 6.07) is 11.9. The van der Waals surface area contributed by atoms with Gasteiger partial charge in [-0.05, 0) is 30.7 Å². The van der Waals surface area contributed by atoms with Crippen molar-refractivity contribution in [2.24, 2.45) is 0 Å². The first kappa shape index (κ1) is 16.3. The Bertz CT molecular complexity index is 900. The van der Waals surface area contributed by atoms with Gasteiger partial charge in [-0.3, -0.25) is 4.79 Å². The number of pyridine rings is 1. The van der Waals surface area contributed by atoms with Crippen LogP contribution in [0.4, 0.5) is 5.69 Å². The molecule has 7 nitrogen and oxygen atoms in total. The zero-order valence-electron chi connectivity index (χ0n) is 14.6. The minimum Gasteiger partial charge on any atom is -0.368 e. The molecule has 3 heterocycles. The number of benzene rings is 1. The van der Waals surface area contributed by atoms with Crippen LogP contribution in [0.5, 0.6) is 0 Å². The molecule has 0 N–H and O–H groups in total. The van der Waals surface area contributed by atoms with E-state index in [0.29, 0.717) is 24.5 Å². The van der Waals surface area contributed by atoms with Crippen LogP contribution in [0.1, 0.15) is 15.9 Å². The molecule has 7 heteroatoms. The highest BCUT2D eigenvalue weighted by Gasteiger charge is 2.25. The molecule has 132 valence electrons. The van der Waals surface area contributed by atoms with Crippen LogP contribution in [0.25, 0.3) is 5.82 Å². The first-order valence-electron chi connectivity index (χ1n) is 8.64. The minimum absolute atomic E-state index is 0.0203. The van der Waals surface area contributed by atoms with Gasteiger partial charge < -0.3 is 9.80 Å². The van der Waals surface area contributed by atoms with Crippen molar-refractivity contribution in [3.05, 3.63) is 66.4 Å². The summed E-state index contributed by atoms with van der Waals surface area (Å²) < 4.78 is 1.52. The van der Waals surface area contributed by atoms with E-state index < -0.39 is 0 Å². The van der Waals surface area contributed by atoms with E-state index in [1.165, 1.54) is 22.3 Å². The fraction of sp³-hybridized carbons (Fsp3) is 0.263. The number of anilines is 1. The van der Waals surface area contributed by atoms with Crippen molar-refractivity contribution in [3.63, 3.8) is 0 Å². The number of aryl methyl sites for hydroxylation is 1. The molecule has 1 saturated heterocycles. The lowest BCUT2D eigenvalue weighted by Gasteiger charge is -2.37. The summed E-state index contributed by atoms with van der Waals surface area (Å²) in [5, 5.41) is 4.10. The highest BCUT2D eigenvalue weighted by atomic mass is 16.2. The van der Waals surface area contributed by atoms with E-state index in [1.54, 1.807) is 24.7 Å². The predicted octanol–water partition coefficient (Wildman–Crippen LogP) is 1.93. The number of aromatic nitrogens is 4. The molecule has 1 aliphatic rings. The fourth-order valence-electron chi connectivity index (χ4n) is 3.30. The first-order chi connectivity index (χ1) is 12.7. The van der Waals surface area contributed by atoms with E-state index in [9.17, 15) is 4.79 Å². The van der Waals surface area contributed by atoms with Crippen LogP contribution in [0, 0.1) is 6.92 Å². The Morgan fingerprint density at radius 2 is 1.85 bits per heavy atom. The third-order valence-corrected chi connectivity index (χ3v) is 4.68. The number of piperazine rings is 1. The normalized spacial score (nSPS) is 14.5. The third-order valence-electron chi connectivity index (χ3n) is 4.68. The van der Waals surface area contributed by atoms with E-state index >= 15 is 0 Å². The van der Waals surface area contributed by atoms with Crippen LogP contribution in [0.15, 0.2) is 55.2 Å². The number of carbonyl (C=O) groups excluding carboxylic acids is 1. The van der Waals surface area contributed by atoms with Gasteiger partial charge in [0.15, 0.2) is 5.82 Å². The molecule has 2 aromatic heterocycles. The Morgan fingerprint density at radius 1 is 1.04 bits per heavy atom. The SMILES string of the molecule is Cc1ccccc1N1CCN(C(=O)c2cccnc2-n2cncn2)CC1. The molecule has 0 atom stereocenters. The van der Waals surface area contributed by atoms with E-state index in [1.807, 2.05) is 11.0 Å². The molecule has 0 spiro atoms. The van der Waals surface area contributed by atoms with Crippen molar-refractivity contribution >= 4 is 11.6 Å². The molecule has 1 amide bonds. The maximum Gasteiger partial charge on any atom is 0.257 e. The molecule has 0 bridgehead atoms. The van der Waals surface area contributed by atoms with Crippen molar-refractivity contribution < 1.29 is 4.79 Å².